The zero-order valence-electron chi connectivity index (χ0n) is 21.8. The van der Waals surface area contributed by atoms with Gasteiger partial charge in [0.15, 0.2) is 11.5 Å². The van der Waals surface area contributed by atoms with E-state index in [1.165, 1.54) is 18.1 Å². The molecule has 1 aliphatic rings. The van der Waals surface area contributed by atoms with Crippen LogP contribution in [0.3, 0.4) is 0 Å². The number of H-pyrrole nitrogens is 1. The smallest absolute Gasteiger partial charge is 0.413 e. The van der Waals surface area contributed by atoms with Crippen molar-refractivity contribution >= 4 is 34.0 Å². The summed E-state index contributed by atoms with van der Waals surface area (Å²) in [4.78, 5) is 18.1. The van der Waals surface area contributed by atoms with Gasteiger partial charge in [-0.1, -0.05) is 23.8 Å². The Morgan fingerprint density at radius 1 is 0.971 bits per heavy atom. The largest absolute Gasteiger partial charge is 0.464 e. The van der Waals surface area contributed by atoms with Crippen molar-refractivity contribution in [3.8, 4) is 11.5 Å². The van der Waals surface area contributed by atoms with Crippen LogP contribution >= 0.6 is 0 Å². The van der Waals surface area contributed by atoms with E-state index in [1.54, 1.807) is 18.4 Å². The third-order valence-corrected chi connectivity index (χ3v) is 5.05. The number of ether oxygens (including phenoxy) is 3. The number of fused-ring (bicyclic) bond motifs is 3. The summed E-state index contributed by atoms with van der Waals surface area (Å²) in [6.45, 7) is 3.98. The lowest BCUT2D eigenvalue weighted by Gasteiger charge is -1.96. The topological polar surface area (TPSA) is 98.6 Å². The maximum atomic E-state index is 10.9. The number of aromatic amines is 1. The Labute approximate surface area is 205 Å². The van der Waals surface area contributed by atoms with Crippen LogP contribution in [0.4, 0.5) is 10.7 Å². The molecule has 0 aliphatic carbocycles. The van der Waals surface area contributed by atoms with Gasteiger partial charge in [-0.25, -0.2) is 9.78 Å². The minimum atomic E-state index is -2.00. The normalized spacial score (nSPS) is 13.6. The van der Waals surface area contributed by atoms with E-state index >= 15 is 0 Å². The molecule has 0 fully saturated rings. The van der Waals surface area contributed by atoms with Gasteiger partial charge in [-0.05, 0) is 74.4 Å². The summed E-state index contributed by atoms with van der Waals surface area (Å²) in [7, 11) is 1.31. The lowest BCUT2D eigenvalue weighted by Crippen LogP contribution is -2.11. The Morgan fingerprint density at radius 2 is 1.69 bits per heavy atom. The SMILES string of the molecule is COC(=O)Nc1nc2ccc(C)cc2[nH]1.Cc1ccc2occc2c1.[2H]C1([2H])Oc2ccc(C)cc2O1. The fraction of sp³-hybridized carbons (Fsp3) is 0.185. The number of furan rings is 1. The van der Waals surface area contributed by atoms with Crippen LogP contribution in [-0.2, 0) is 4.74 Å². The average molecular weight is 476 g/mol. The molecule has 35 heavy (non-hydrogen) atoms. The van der Waals surface area contributed by atoms with Gasteiger partial charge in [0.25, 0.3) is 0 Å². The predicted molar refractivity (Wildman–Crippen MR) is 135 cm³/mol. The Bertz CT molecular complexity index is 1540. The van der Waals surface area contributed by atoms with Crippen LogP contribution in [0.5, 0.6) is 11.5 Å². The number of carbonyl (C=O) groups is 1. The molecule has 1 amide bonds. The third kappa shape index (κ3) is 6.11. The summed E-state index contributed by atoms with van der Waals surface area (Å²) >= 11 is 0. The number of hydrogen-bond donors (Lipinski definition) is 2. The number of hydrogen-bond acceptors (Lipinski definition) is 6. The van der Waals surface area contributed by atoms with E-state index in [0.717, 1.165) is 27.7 Å². The first-order valence-corrected chi connectivity index (χ1v) is 10.9. The molecule has 8 nitrogen and oxygen atoms in total. The van der Waals surface area contributed by atoms with Crippen molar-refractivity contribution in [3.63, 3.8) is 0 Å². The number of aromatic nitrogens is 2. The van der Waals surface area contributed by atoms with Gasteiger partial charge in [0.2, 0.25) is 12.7 Å². The van der Waals surface area contributed by atoms with Gasteiger partial charge in [-0.2, -0.15) is 0 Å². The molecule has 8 heteroatoms. The lowest BCUT2D eigenvalue weighted by molar-refractivity contribution is 0.174. The number of carbonyl (C=O) groups excluding carboxylic acids is 1. The monoisotopic (exact) mass is 475 g/mol. The minimum absolute atomic E-state index is 0.391. The highest BCUT2D eigenvalue weighted by Crippen LogP contribution is 2.32. The molecule has 3 heterocycles. The van der Waals surface area contributed by atoms with Crippen molar-refractivity contribution in [1.29, 1.82) is 0 Å². The fourth-order valence-electron chi connectivity index (χ4n) is 3.31. The minimum Gasteiger partial charge on any atom is -0.464 e. The molecule has 0 unspecified atom stereocenters. The molecule has 2 aromatic heterocycles. The number of methoxy groups -OCH3 is 1. The van der Waals surface area contributed by atoms with Crippen LogP contribution in [0.1, 0.15) is 19.4 Å². The molecule has 2 N–H and O–H groups in total. The van der Waals surface area contributed by atoms with E-state index in [2.05, 4.69) is 33.0 Å². The van der Waals surface area contributed by atoms with Crippen molar-refractivity contribution in [1.82, 2.24) is 9.97 Å². The van der Waals surface area contributed by atoms with Crippen LogP contribution in [-0.4, -0.2) is 29.9 Å². The second-order valence-electron chi connectivity index (χ2n) is 7.92. The van der Waals surface area contributed by atoms with Gasteiger partial charge in [0.05, 0.1) is 24.4 Å². The number of nitrogens with one attached hydrogen (secondary N) is 2. The standard InChI is InChI=1S/C10H11N3O2.C9H8O.C8H8O2/c1-6-3-4-7-8(5-6)12-9(11-7)13-10(14)15-2;1-7-2-3-9-8(6-7)4-5-10-9;1-6-2-3-7-8(4-6)10-5-9-7/h3-5H,1-2H3,(H2,11,12,13,14);2-6H,1H3;2-4H,5H2,1H3/i;;5D2. The first kappa shape index (κ1) is 21.1. The number of benzene rings is 3. The zero-order valence-corrected chi connectivity index (χ0v) is 19.8. The molecule has 1 aliphatic heterocycles. The summed E-state index contributed by atoms with van der Waals surface area (Å²) in [5.74, 6) is 1.33. The molecule has 0 bridgehead atoms. The summed E-state index contributed by atoms with van der Waals surface area (Å²) in [5.41, 5.74) is 6.10. The van der Waals surface area contributed by atoms with Gasteiger partial charge in [-0.3, -0.25) is 5.32 Å². The summed E-state index contributed by atoms with van der Waals surface area (Å²) in [6, 6.07) is 19.2. The van der Waals surface area contributed by atoms with E-state index in [0.29, 0.717) is 17.4 Å². The van der Waals surface area contributed by atoms with Gasteiger partial charge in [0, 0.05) is 5.39 Å². The quantitative estimate of drug-likeness (QED) is 0.287. The highest BCUT2D eigenvalue weighted by atomic mass is 16.7. The number of amides is 1. The van der Waals surface area contributed by atoms with Crippen LogP contribution in [0.2, 0.25) is 0 Å². The predicted octanol–water partition coefficient (Wildman–Crippen LogP) is 6.51. The first-order valence-electron chi connectivity index (χ1n) is 11.9. The molecule has 5 aromatic rings. The highest BCUT2D eigenvalue weighted by molar-refractivity contribution is 5.86. The van der Waals surface area contributed by atoms with Gasteiger partial charge < -0.3 is 23.6 Å². The third-order valence-electron chi connectivity index (χ3n) is 5.05. The second-order valence-corrected chi connectivity index (χ2v) is 7.92. The van der Waals surface area contributed by atoms with E-state index in [4.69, 9.17) is 16.6 Å². The van der Waals surface area contributed by atoms with Gasteiger partial charge in [0.1, 0.15) is 8.32 Å². The lowest BCUT2D eigenvalue weighted by atomic mass is 10.2. The van der Waals surface area contributed by atoms with Gasteiger partial charge >= 0.3 is 6.09 Å². The average Bonchev–Trinajstić information content (AvgIpc) is 3.54. The number of rotatable bonds is 1. The summed E-state index contributed by atoms with van der Waals surface area (Å²) in [6.07, 6.45) is 1.18. The van der Waals surface area contributed by atoms with Gasteiger partial charge in [-0.15, -0.1) is 0 Å². The van der Waals surface area contributed by atoms with Crippen LogP contribution in [0, 0.1) is 20.8 Å². The molecule has 3 aromatic carbocycles. The Balaban J connectivity index is 0.000000132. The number of aryl methyl sites for hydroxylation is 3. The number of anilines is 1. The maximum Gasteiger partial charge on any atom is 0.413 e. The molecular formula is C27H27N3O5. The van der Waals surface area contributed by atoms with Crippen LogP contribution < -0.4 is 14.8 Å². The van der Waals surface area contributed by atoms with Crippen molar-refractivity contribution in [2.24, 2.45) is 0 Å². The van der Waals surface area contributed by atoms with Crippen molar-refractivity contribution in [2.45, 2.75) is 20.8 Å². The zero-order chi connectivity index (χ0) is 26.6. The molecule has 6 rings (SSSR count). The molecule has 0 radical (unpaired) electrons. The second kappa shape index (κ2) is 10.6. The molecule has 0 spiro atoms. The first-order chi connectivity index (χ1) is 17.6. The fourth-order valence-corrected chi connectivity index (χ4v) is 3.31. The molecule has 0 saturated heterocycles. The van der Waals surface area contributed by atoms with Crippen molar-refractivity contribution in [2.75, 3.05) is 19.2 Å². The Kier molecular flexibility index (Phi) is 6.42. The highest BCUT2D eigenvalue weighted by Gasteiger charge is 2.11. The van der Waals surface area contributed by atoms with Crippen LogP contribution in [0.25, 0.3) is 22.0 Å². The van der Waals surface area contributed by atoms with E-state index in [1.807, 2.05) is 56.3 Å². The van der Waals surface area contributed by atoms with E-state index in [9.17, 15) is 4.79 Å². The molecule has 0 saturated carbocycles. The summed E-state index contributed by atoms with van der Waals surface area (Å²) in [5, 5.41) is 3.65. The summed E-state index contributed by atoms with van der Waals surface area (Å²) < 4.78 is 33.7. The van der Waals surface area contributed by atoms with Crippen LogP contribution in [0.15, 0.2) is 71.3 Å². The van der Waals surface area contributed by atoms with Crippen molar-refractivity contribution in [3.05, 3.63) is 83.6 Å². The molecule has 0 atom stereocenters. The Hall–Kier alpha value is -4.46. The van der Waals surface area contributed by atoms with E-state index in [-0.39, 0.29) is 0 Å². The maximum absolute atomic E-state index is 10.9. The van der Waals surface area contributed by atoms with Crippen molar-refractivity contribution < 1.29 is 26.2 Å². The number of nitrogens with zero attached hydrogens (tertiary/aromatic N) is 1. The van der Waals surface area contributed by atoms with E-state index < -0.39 is 12.8 Å². The molecular weight excluding hydrogens is 446 g/mol. The molecule has 180 valence electrons. The number of imidazole rings is 1. The Morgan fingerprint density at radius 3 is 2.51 bits per heavy atom.